The third-order valence-corrected chi connectivity index (χ3v) is 8.51. The molecular formula is C24H24F2N3O3S+. The van der Waals surface area contributed by atoms with Crippen LogP contribution >= 0.6 is 0 Å². The standard InChI is InChI=1S/C24H23F2N3O3S/c25-24(26)32-18-10-11-20-21(13-27)23(29(22(20)12-18)14-15-4-5-15)16-6-8-17(9-7-16)28-33(30,31)19-2-1-3-19/h6-12,15,19,24,28H,1-5,14H2/p+1. The first-order chi connectivity index (χ1) is 15.9. The van der Waals surface area contributed by atoms with Gasteiger partial charge >= 0.3 is 16.6 Å². The van der Waals surface area contributed by atoms with Crippen molar-refractivity contribution in [2.75, 3.05) is 0 Å². The van der Waals surface area contributed by atoms with Gasteiger partial charge in [0.25, 0.3) is 0 Å². The molecule has 2 aromatic carbocycles. The first kappa shape index (κ1) is 21.9. The minimum Gasteiger partial charge on any atom is -0.435 e. The summed E-state index contributed by atoms with van der Waals surface area (Å²) < 4.78 is 58.4. The fourth-order valence-electron chi connectivity index (χ4n) is 4.37. The van der Waals surface area contributed by atoms with Crippen molar-refractivity contribution in [3.63, 3.8) is 0 Å². The molecule has 2 saturated carbocycles. The Bertz CT molecular complexity index is 1340. The molecule has 172 valence electrons. The summed E-state index contributed by atoms with van der Waals surface area (Å²) in [5.41, 5.74) is 3.23. The molecule has 0 spiro atoms. The molecule has 6 nitrogen and oxygen atoms in total. The van der Waals surface area contributed by atoms with E-state index in [4.69, 9.17) is 0 Å². The van der Waals surface area contributed by atoms with Crippen molar-refractivity contribution in [1.29, 1.82) is 5.26 Å². The van der Waals surface area contributed by atoms with E-state index in [1.807, 2.05) is 16.7 Å². The lowest BCUT2D eigenvalue weighted by Gasteiger charge is -2.22. The molecule has 5 rings (SSSR count). The number of ether oxygens (including phenoxy) is 1. The number of nitrogens with two attached hydrogens (primary N) is 1. The molecule has 2 aliphatic rings. The van der Waals surface area contributed by atoms with Crippen LogP contribution in [0.1, 0.15) is 37.7 Å². The smallest absolute Gasteiger partial charge is 0.387 e. The molecule has 0 unspecified atom stereocenters. The largest absolute Gasteiger partial charge is 0.435 e. The zero-order valence-corrected chi connectivity index (χ0v) is 18.7. The van der Waals surface area contributed by atoms with Crippen LogP contribution in [0.3, 0.4) is 0 Å². The average molecular weight is 473 g/mol. The van der Waals surface area contributed by atoms with Crippen molar-refractivity contribution in [3.8, 4) is 23.1 Å². The van der Waals surface area contributed by atoms with Gasteiger partial charge in [0.05, 0.1) is 16.8 Å². The van der Waals surface area contributed by atoms with Crippen LogP contribution in [0.4, 0.5) is 14.5 Å². The van der Waals surface area contributed by atoms with E-state index in [2.05, 4.69) is 10.8 Å². The number of alkyl halides is 2. The van der Waals surface area contributed by atoms with Gasteiger partial charge in [-0.1, -0.05) is 6.42 Å². The van der Waals surface area contributed by atoms with E-state index in [0.717, 1.165) is 24.8 Å². The topological polar surface area (TPSA) is 88.7 Å². The molecule has 0 bridgehead atoms. The summed E-state index contributed by atoms with van der Waals surface area (Å²) in [6.07, 6.45) is 4.54. The summed E-state index contributed by atoms with van der Waals surface area (Å²) in [4.78, 5) is 0. The number of hydrogen-bond donors (Lipinski definition) is 1. The van der Waals surface area contributed by atoms with Crippen LogP contribution in [-0.2, 0) is 16.6 Å². The molecule has 33 heavy (non-hydrogen) atoms. The first-order valence-electron chi connectivity index (χ1n) is 11.1. The second kappa shape index (κ2) is 8.43. The maximum absolute atomic E-state index is 12.8. The third kappa shape index (κ3) is 4.33. The first-order valence-corrected chi connectivity index (χ1v) is 12.7. The van der Waals surface area contributed by atoms with Crippen molar-refractivity contribution < 1.29 is 26.7 Å². The molecule has 0 radical (unpaired) electrons. The molecule has 0 aliphatic heterocycles. The van der Waals surface area contributed by atoms with Crippen LogP contribution in [0.5, 0.6) is 5.75 Å². The van der Waals surface area contributed by atoms with Gasteiger partial charge in [0.1, 0.15) is 22.8 Å². The van der Waals surface area contributed by atoms with Crippen molar-refractivity contribution in [3.05, 3.63) is 48.0 Å². The molecule has 0 saturated heterocycles. The molecule has 2 aliphatic carbocycles. The van der Waals surface area contributed by atoms with Gasteiger partial charge < -0.3 is 9.30 Å². The second-order valence-electron chi connectivity index (χ2n) is 8.83. The predicted octanol–water partition coefficient (Wildman–Crippen LogP) is 4.27. The van der Waals surface area contributed by atoms with Gasteiger partial charge in [-0.25, -0.2) is 4.72 Å². The summed E-state index contributed by atoms with van der Waals surface area (Å²) in [5, 5.41) is 10.4. The van der Waals surface area contributed by atoms with Crippen LogP contribution in [0.15, 0.2) is 42.5 Å². The lowest BCUT2D eigenvalue weighted by Crippen LogP contribution is -2.84. The molecule has 2 N–H and O–H groups in total. The molecule has 3 aromatic rings. The van der Waals surface area contributed by atoms with Gasteiger partial charge in [-0.05, 0) is 61.4 Å². The third-order valence-electron chi connectivity index (χ3n) is 6.51. The highest BCUT2D eigenvalue weighted by Gasteiger charge is 2.34. The van der Waals surface area contributed by atoms with Gasteiger partial charge in [0.15, 0.2) is 0 Å². The summed E-state index contributed by atoms with van der Waals surface area (Å²) in [6.45, 7) is -2.25. The second-order valence-corrected chi connectivity index (χ2v) is 10.9. The Balaban J connectivity index is 1.55. The van der Waals surface area contributed by atoms with E-state index < -0.39 is 16.6 Å². The fraction of sp³-hybridized carbons (Fsp3) is 0.375. The van der Waals surface area contributed by atoms with Crippen molar-refractivity contribution in [2.24, 2.45) is 5.92 Å². The van der Waals surface area contributed by atoms with Crippen LogP contribution in [0.25, 0.3) is 22.2 Å². The Kier molecular flexibility index (Phi) is 5.59. The molecule has 0 atom stereocenters. The van der Waals surface area contributed by atoms with Crippen LogP contribution < -0.4 is 9.46 Å². The monoisotopic (exact) mass is 472 g/mol. The molecule has 1 aromatic heterocycles. The Morgan fingerprint density at radius 3 is 2.42 bits per heavy atom. The number of aromatic nitrogens is 1. The highest BCUT2D eigenvalue weighted by atomic mass is 32.2. The lowest BCUT2D eigenvalue weighted by atomic mass is 10.0. The average Bonchev–Trinajstić information content (AvgIpc) is 3.48. The van der Waals surface area contributed by atoms with Gasteiger partial charge in [-0.15, -0.1) is 0 Å². The molecule has 2 fully saturated rings. The molecule has 9 heteroatoms. The number of benzene rings is 2. The Morgan fingerprint density at radius 1 is 1.12 bits per heavy atom. The zero-order valence-electron chi connectivity index (χ0n) is 17.9. The van der Waals surface area contributed by atoms with Gasteiger partial charge in [0.2, 0.25) is 0 Å². The van der Waals surface area contributed by atoms with Crippen LogP contribution in [-0.4, -0.2) is 24.8 Å². The van der Waals surface area contributed by atoms with Crippen molar-refractivity contribution >= 4 is 26.6 Å². The number of hydrogen-bond acceptors (Lipinski definition) is 4. The summed E-state index contributed by atoms with van der Waals surface area (Å²) in [6, 6.07) is 14.1. The van der Waals surface area contributed by atoms with Gasteiger partial charge in [0, 0.05) is 30.1 Å². The van der Waals surface area contributed by atoms with E-state index in [1.54, 1.807) is 24.3 Å². The SMILES string of the molecule is N#Cc1c(-c2ccc([NH2+]S(=O)(=O)C3CCC3)cc2)n(CC2CC2)c2cc(OC(F)F)ccc12. The number of rotatable bonds is 8. The number of sulfonamides is 1. The van der Waals surface area contributed by atoms with E-state index in [9.17, 15) is 22.5 Å². The van der Waals surface area contributed by atoms with Crippen LogP contribution in [0.2, 0.25) is 0 Å². The molecular weight excluding hydrogens is 448 g/mol. The number of nitrogens with zero attached hydrogens (tertiary/aromatic N) is 2. The minimum atomic E-state index is -3.28. The van der Waals surface area contributed by atoms with Gasteiger partial charge in [-0.3, -0.25) is 0 Å². The minimum absolute atomic E-state index is 0.0502. The van der Waals surface area contributed by atoms with E-state index in [-0.39, 0.29) is 11.0 Å². The summed E-state index contributed by atoms with van der Waals surface area (Å²) in [7, 11) is -3.28. The summed E-state index contributed by atoms with van der Waals surface area (Å²) >= 11 is 0. The number of fused-ring (bicyclic) bond motifs is 1. The lowest BCUT2D eigenvalue weighted by molar-refractivity contribution is -0.399. The van der Waals surface area contributed by atoms with Crippen LogP contribution in [0, 0.1) is 17.2 Å². The Labute approximate surface area is 190 Å². The fourth-order valence-corrected chi connectivity index (χ4v) is 6.09. The normalized spacial score (nSPS) is 16.7. The zero-order chi connectivity index (χ0) is 23.2. The highest BCUT2D eigenvalue weighted by molar-refractivity contribution is 7.85. The highest BCUT2D eigenvalue weighted by Crippen LogP contribution is 2.39. The Morgan fingerprint density at radius 2 is 1.85 bits per heavy atom. The van der Waals surface area contributed by atoms with Crippen molar-refractivity contribution in [1.82, 2.24) is 4.57 Å². The number of nitriles is 1. The number of primary sulfonamides is 1. The maximum atomic E-state index is 12.8. The predicted molar refractivity (Wildman–Crippen MR) is 120 cm³/mol. The Hall–Kier alpha value is -2.96. The van der Waals surface area contributed by atoms with E-state index >= 15 is 0 Å². The molecule has 1 heterocycles. The van der Waals surface area contributed by atoms with Gasteiger partial charge in [-0.2, -0.15) is 22.5 Å². The molecule has 0 amide bonds. The van der Waals surface area contributed by atoms with E-state index in [1.165, 1.54) is 10.8 Å². The number of quaternary nitrogens is 1. The number of halogens is 2. The summed E-state index contributed by atoms with van der Waals surface area (Å²) in [5.74, 6) is 0.528. The maximum Gasteiger partial charge on any atom is 0.387 e. The van der Waals surface area contributed by atoms with E-state index in [0.29, 0.717) is 53.2 Å². The quantitative estimate of drug-likeness (QED) is 0.496. The van der Waals surface area contributed by atoms with Crippen molar-refractivity contribution in [2.45, 2.75) is 50.5 Å².